The summed E-state index contributed by atoms with van der Waals surface area (Å²) in [4.78, 5) is 0. The molecular weight excluding hydrogens is 416 g/mol. The summed E-state index contributed by atoms with van der Waals surface area (Å²) in [5.41, 5.74) is 2.73. The van der Waals surface area contributed by atoms with Crippen LogP contribution >= 0.6 is 23.4 Å². The lowest BCUT2D eigenvalue weighted by Crippen LogP contribution is -2.00. The van der Waals surface area contributed by atoms with Crippen LogP contribution in [0.4, 0.5) is 0 Å². The molecule has 150 valence electrons. The minimum absolute atomic E-state index is 0.377. The molecule has 4 aromatic rings. The summed E-state index contributed by atoms with van der Waals surface area (Å²) in [5.74, 6) is 1.41. The highest BCUT2D eigenvalue weighted by atomic mass is 35.5. The van der Waals surface area contributed by atoms with Crippen molar-refractivity contribution in [2.24, 2.45) is 5.10 Å². The number of benzene rings is 3. The molecule has 0 aliphatic carbocycles. The summed E-state index contributed by atoms with van der Waals surface area (Å²) in [6, 6.07) is 25.3. The molecule has 3 aromatic carbocycles. The molecule has 0 N–H and O–H groups in total. The number of para-hydroxylation sites is 1. The van der Waals surface area contributed by atoms with E-state index < -0.39 is 0 Å². The monoisotopic (exact) mass is 434 g/mol. The number of hydrogen-bond donors (Lipinski definition) is 0. The normalized spacial score (nSPS) is 11.1. The van der Waals surface area contributed by atoms with Gasteiger partial charge in [-0.1, -0.05) is 84.0 Å². The van der Waals surface area contributed by atoms with E-state index in [1.54, 1.807) is 10.9 Å². The van der Waals surface area contributed by atoms with E-state index in [2.05, 4.69) is 15.3 Å². The summed E-state index contributed by atoms with van der Waals surface area (Å²) in [6.07, 6.45) is 3.71. The molecule has 0 bridgehead atoms. The van der Waals surface area contributed by atoms with Gasteiger partial charge in [0, 0.05) is 21.7 Å². The molecule has 0 spiro atoms. The maximum absolute atomic E-state index is 6.24. The highest BCUT2D eigenvalue weighted by Crippen LogP contribution is 2.24. The van der Waals surface area contributed by atoms with Gasteiger partial charge >= 0.3 is 0 Å². The zero-order valence-corrected chi connectivity index (χ0v) is 17.8. The van der Waals surface area contributed by atoms with Crippen molar-refractivity contribution in [1.29, 1.82) is 0 Å². The summed E-state index contributed by atoms with van der Waals surface area (Å²) < 4.78 is 7.76. The van der Waals surface area contributed by atoms with Gasteiger partial charge in [0.25, 0.3) is 0 Å². The Bertz CT molecular complexity index is 1160. The Morgan fingerprint density at radius 2 is 1.70 bits per heavy atom. The summed E-state index contributed by atoms with van der Waals surface area (Å²) in [6.45, 7) is 0.377. The molecule has 0 aliphatic heterocycles. The minimum Gasteiger partial charge on any atom is -0.488 e. The van der Waals surface area contributed by atoms with Gasteiger partial charge in [-0.05, 0) is 24.5 Å². The van der Waals surface area contributed by atoms with Crippen molar-refractivity contribution in [3.05, 3.63) is 95.0 Å². The number of hydrogen-bond acceptors (Lipinski definition) is 5. The summed E-state index contributed by atoms with van der Waals surface area (Å²) >= 11 is 7.73. The van der Waals surface area contributed by atoms with Crippen molar-refractivity contribution in [3.63, 3.8) is 0 Å². The highest BCUT2D eigenvalue weighted by molar-refractivity contribution is 7.98. The molecule has 1 aromatic heterocycles. The van der Waals surface area contributed by atoms with Gasteiger partial charge in [0.2, 0.25) is 5.16 Å². The summed E-state index contributed by atoms with van der Waals surface area (Å²) in [7, 11) is 0. The first-order valence-corrected chi connectivity index (χ1v) is 10.9. The zero-order chi connectivity index (χ0) is 20.8. The van der Waals surface area contributed by atoms with Crippen LogP contribution in [0.3, 0.4) is 0 Å². The fourth-order valence-electron chi connectivity index (χ4n) is 2.87. The van der Waals surface area contributed by atoms with Gasteiger partial charge in [0.05, 0.1) is 6.21 Å². The second-order valence-corrected chi connectivity index (χ2v) is 7.53. The molecule has 0 unspecified atom stereocenters. The molecule has 0 radical (unpaired) electrons. The topological polar surface area (TPSA) is 52.3 Å². The Kier molecular flexibility index (Phi) is 6.47. The first-order valence-electron chi connectivity index (χ1n) is 9.30. The lowest BCUT2D eigenvalue weighted by molar-refractivity contribution is 0.306. The van der Waals surface area contributed by atoms with E-state index in [9.17, 15) is 0 Å². The van der Waals surface area contributed by atoms with Crippen LogP contribution in [0.5, 0.6) is 5.75 Å². The Morgan fingerprint density at radius 3 is 2.50 bits per heavy atom. The number of thioether (sulfide) groups is 1. The quantitative estimate of drug-likeness (QED) is 0.273. The van der Waals surface area contributed by atoms with E-state index in [-0.39, 0.29) is 0 Å². The molecule has 4 rings (SSSR count). The molecule has 0 atom stereocenters. The van der Waals surface area contributed by atoms with Crippen molar-refractivity contribution in [3.8, 4) is 17.1 Å². The predicted octanol–water partition coefficient (Wildman–Crippen LogP) is 5.78. The number of ether oxygens (including phenoxy) is 1. The molecule has 1 heterocycles. The minimum atomic E-state index is 0.377. The smallest absolute Gasteiger partial charge is 0.212 e. The van der Waals surface area contributed by atoms with E-state index >= 15 is 0 Å². The molecule has 0 amide bonds. The second-order valence-electron chi connectivity index (χ2n) is 6.35. The van der Waals surface area contributed by atoms with Gasteiger partial charge in [-0.2, -0.15) is 9.78 Å². The van der Waals surface area contributed by atoms with Gasteiger partial charge in [-0.3, -0.25) is 0 Å². The van der Waals surface area contributed by atoms with Crippen molar-refractivity contribution >= 4 is 29.6 Å². The van der Waals surface area contributed by atoms with Crippen molar-refractivity contribution in [2.75, 3.05) is 6.26 Å². The van der Waals surface area contributed by atoms with Crippen LogP contribution in [0.1, 0.15) is 11.1 Å². The lowest BCUT2D eigenvalue weighted by atomic mass is 10.2. The fourth-order valence-corrected chi connectivity index (χ4v) is 3.49. The van der Waals surface area contributed by atoms with Crippen LogP contribution in [0.15, 0.2) is 89.1 Å². The van der Waals surface area contributed by atoms with Crippen molar-refractivity contribution in [2.45, 2.75) is 11.8 Å². The molecule has 0 saturated carbocycles. The van der Waals surface area contributed by atoms with Crippen LogP contribution in [-0.2, 0) is 6.61 Å². The van der Waals surface area contributed by atoms with Crippen LogP contribution in [0.25, 0.3) is 11.4 Å². The molecule has 0 aliphatic rings. The standard InChI is InChI=1S/C23H19ClN4OS/c1-30-23-27-26-22(17-9-3-2-4-10-17)28(23)25-15-18-11-6-8-14-21(18)29-16-19-12-5-7-13-20(19)24/h2-15H,16H2,1H3/b25-15-. The van der Waals surface area contributed by atoms with E-state index in [1.807, 2.05) is 85.1 Å². The largest absolute Gasteiger partial charge is 0.488 e. The highest BCUT2D eigenvalue weighted by Gasteiger charge is 2.12. The van der Waals surface area contributed by atoms with Crippen molar-refractivity contribution in [1.82, 2.24) is 14.9 Å². The number of nitrogens with zero attached hydrogens (tertiary/aromatic N) is 4. The van der Waals surface area contributed by atoms with Gasteiger partial charge < -0.3 is 4.74 Å². The molecule has 0 saturated heterocycles. The molecule has 0 fully saturated rings. The van der Waals surface area contributed by atoms with E-state index in [0.29, 0.717) is 22.6 Å². The Morgan fingerprint density at radius 1 is 0.967 bits per heavy atom. The number of rotatable bonds is 7. The molecule has 30 heavy (non-hydrogen) atoms. The fraction of sp³-hybridized carbons (Fsp3) is 0.0870. The first-order chi connectivity index (χ1) is 14.8. The predicted molar refractivity (Wildman–Crippen MR) is 122 cm³/mol. The molecule has 7 heteroatoms. The third-order valence-electron chi connectivity index (χ3n) is 4.40. The van der Waals surface area contributed by atoms with Crippen LogP contribution in [0.2, 0.25) is 5.02 Å². The Labute approximate surface area is 184 Å². The summed E-state index contributed by atoms with van der Waals surface area (Å²) in [5, 5.41) is 14.6. The first kappa shape index (κ1) is 20.2. The average molecular weight is 435 g/mol. The average Bonchev–Trinajstić information content (AvgIpc) is 3.21. The van der Waals surface area contributed by atoms with Crippen LogP contribution in [-0.4, -0.2) is 27.3 Å². The van der Waals surface area contributed by atoms with E-state index in [4.69, 9.17) is 16.3 Å². The van der Waals surface area contributed by atoms with Gasteiger partial charge in [-0.25, -0.2) is 0 Å². The zero-order valence-electron chi connectivity index (χ0n) is 16.3. The lowest BCUT2D eigenvalue weighted by Gasteiger charge is -2.10. The van der Waals surface area contributed by atoms with Crippen molar-refractivity contribution < 1.29 is 4.74 Å². The van der Waals surface area contributed by atoms with Gasteiger partial charge in [0.15, 0.2) is 5.82 Å². The maximum atomic E-state index is 6.24. The van der Waals surface area contributed by atoms with Crippen LogP contribution < -0.4 is 4.74 Å². The Hall–Kier alpha value is -3.09. The third-order valence-corrected chi connectivity index (χ3v) is 5.39. The Balaban J connectivity index is 1.61. The van der Waals surface area contributed by atoms with E-state index in [0.717, 1.165) is 22.4 Å². The van der Waals surface area contributed by atoms with Gasteiger partial charge in [0.1, 0.15) is 12.4 Å². The maximum Gasteiger partial charge on any atom is 0.212 e. The van der Waals surface area contributed by atoms with E-state index in [1.165, 1.54) is 11.8 Å². The molecule has 5 nitrogen and oxygen atoms in total. The number of halogens is 1. The number of aromatic nitrogens is 3. The van der Waals surface area contributed by atoms with Gasteiger partial charge in [-0.15, -0.1) is 10.2 Å². The third kappa shape index (κ3) is 4.56. The van der Waals surface area contributed by atoms with Crippen LogP contribution in [0, 0.1) is 0 Å². The SMILES string of the molecule is CSc1nnc(-c2ccccc2)n1/N=C\c1ccccc1OCc1ccccc1Cl. The second kappa shape index (κ2) is 9.61. The molecular formula is C23H19ClN4OS.